The van der Waals surface area contributed by atoms with Crippen LogP contribution in [0.2, 0.25) is 5.02 Å². The van der Waals surface area contributed by atoms with E-state index < -0.39 is 0 Å². The Kier molecular flexibility index (Phi) is 5.44. The van der Waals surface area contributed by atoms with Gasteiger partial charge < -0.3 is 15.1 Å². The van der Waals surface area contributed by atoms with E-state index in [1.54, 1.807) is 11.7 Å². The summed E-state index contributed by atoms with van der Waals surface area (Å²) in [6, 6.07) is 11.9. The number of carbonyl (C=O) groups excluding carboxylic acids is 1. The highest BCUT2D eigenvalue weighted by Gasteiger charge is 2.36. The number of aryl methyl sites for hydroxylation is 1. The van der Waals surface area contributed by atoms with Crippen molar-refractivity contribution < 1.29 is 4.79 Å². The van der Waals surface area contributed by atoms with Crippen LogP contribution in [0.5, 0.6) is 0 Å². The fourth-order valence-corrected chi connectivity index (χ4v) is 5.33. The van der Waals surface area contributed by atoms with Gasteiger partial charge in [0.25, 0.3) is 5.56 Å². The van der Waals surface area contributed by atoms with Crippen LogP contribution < -0.4 is 15.8 Å². The molecule has 2 aliphatic rings. The van der Waals surface area contributed by atoms with Crippen LogP contribution >= 0.6 is 11.6 Å². The van der Waals surface area contributed by atoms with Gasteiger partial charge >= 0.3 is 6.03 Å². The second-order valence-corrected chi connectivity index (χ2v) is 9.87. The first-order valence-electron chi connectivity index (χ1n) is 12.0. The molecule has 36 heavy (non-hydrogen) atoms. The van der Waals surface area contributed by atoms with Crippen molar-refractivity contribution in [3.63, 3.8) is 0 Å². The highest BCUT2D eigenvalue weighted by atomic mass is 35.5. The van der Waals surface area contributed by atoms with Crippen LogP contribution in [0.4, 0.5) is 10.7 Å². The summed E-state index contributed by atoms with van der Waals surface area (Å²) in [6.07, 6.45) is 3.63. The zero-order chi connectivity index (χ0) is 25.0. The molecule has 2 amide bonds. The second-order valence-electron chi connectivity index (χ2n) is 9.46. The number of halogens is 1. The van der Waals surface area contributed by atoms with Gasteiger partial charge in [-0.15, -0.1) is 0 Å². The summed E-state index contributed by atoms with van der Waals surface area (Å²) in [5.74, 6) is 0.657. The molecule has 1 atom stereocenters. The number of rotatable bonds is 4. The summed E-state index contributed by atoms with van der Waals surface area (Å²) >= 11 is 6.46. The minimum atomic E-state index is -0.0500. The van der Waals surface area contributed by atoms with Gasteiger partial charge in [-0.25, -0.2) is 14.8 Å². The van der Waals surface area contributed by atoms with Gasteiger partial charge in [-0.1, -0.05) is 35.4 Å². The molecule has 2 aromatic carbocycles. The number of amides is 2. The van der Waals surface area contributed by atoms with Crippen LogP contribution in [0.25, 0.3) is 22.0 Å². The van der Waals surface area contributed by atoms with Crippen molar-refractivity contribution in [2.24, 2.45) is 7.05 Å². The standard InChI is InChI=1S/C26H26ClN7O2/c1-16-3-6-22(27)18(9-16)14-34-23-10-17(4-5-21(23)24(35)31(34)2)19-11-28-25(29-12-19)32-7-8-33-20(15-32)13-30-26(33)36/h3-6,9-12,20H,7-8,13-15H2,1-2H3,(H,30,36)/t20-/m0/s1. The van der Waals surface area contributed by atoms with Gasteiger partial charge in [-0.05, 0) is 36.2 Å². The maximum Gasteiger partial charge on any atom is 0.317 e. The Morgan fingerprint density at radius 1 is 1.06 bits per heavy atom. The topological polar surface area (TPSA) is 88.3 Å². The van der Waals surface area contributed by atoms with E-state index >= 15 is 0 Å². The molecule has 0 radical (unpaired) electrons. The van der Waals surface area contributed by atoms with Crippen LogP contribution in [0, 0.1) is 6.92 Å². The van der Waals surface area contributed by atoms with Gasteiger partial charge in [0.2, 0.25) is 5.95 Å². The number of piperazine rings is 1. The number of benzene rings is 2. The Balaban J connectivity index is 1.30. The molecule has 4 heterocycles. The van der Waals surface area contributed by atoms with Crippen LogP contribution in [0.15, 0.2) is 53.6 Å². The van der Waals surface area contributed by atoms with Gasteiger partial charge in [-0.2, -0.15) is 0 Å². The normalized spacial score (nSPS) is 17.5. The fraction of sp³-hybridized carbons (Fsp3) is 0.308. The molecule has 2 fully saturated rings. The number of anilines is 1. The first kappa shape index (κ1) is 22.6. The predicted octanol–water partition coefficient (Wildman–Crippen LogP) is 3.02. The zero-order valence-corrected chi connectivity index (χ0v) is 20.9. The number of fused-ring (bicyclic) bond motifs is 2. The molecule has 2 aliphatic heterocycles. The van der Waals surface area contributed by atoms with Crippen molar-refractivity contribution >= 4 is 34.5 Å². The molecule has 0 aliphatic carbocycles. The van der Waals surface area contributed by atoms with Gasteiger partial charge in [0.05, 0.1) is 23.5 Å². The lowest BCUT2D eigenvalue weighted by Gasteiger charge is -2.36. The fourth-order valence-electron chi connectivity index (χ4n) is 5.15. The molecule has 6 rings (SSSR count). The quantitative estimate of drug-likeness (QED) is 0.462. The van der Waals surface area contributed by atoms with Crippen molar-refractivity contribution in [2.75, 3.05) is 31.1 Å². The van der Waals surface area contributed by atoms with Crippen molar-refractivity contribution in [1.82, 2.24) is 29.5 Å². The second kappa shape index (κ2) is 8.67. The van der Waals surface area contributed by atoms with Gasteiger partial charge in [0.1, 0.15) is 0 Å². The summed E-state index contributed by atoms with van der Waals surface area (Å²) < 4.78 is 3.59. The maximum absolute atomic E-state index is 12.9. The summed E-state index contributed by atoms with van der Waals surface area (Å²) in [5, 5.41) is 4.22. The average Bonchev–Trinajstić information content (AvgIpc) is 3.38. The molecule has 4 aromatic rings. The Morgan fingerprint density at radius 2 is 1.86 bits per heavy atom. The molecule has 0 spiro atoms. The molecule has 10 heteroatoms. The van der Waals surface area contributed by atoms with E-state index in [1.165, 1.54) is 0 Å². The van der Waals surface area contributed by atoms with Gasteiger partial charge in [-0.3, -0.25) is 14.2 Å². The van der Waals surface area contributed by atoms with Crippen LogP contribution in [0.1, 0.15) is 11.1 Å². The molecule has 184 valence electrons. The molecular weight excluding hydrogens is 478 g/mol. The lowest BCUT2D eigenvalue weighted by atomic mass is 10.1. The molecule has 0 saturated carbocycles. The third-order valence-electron chi connectivity index (χ3n) is 7.17. The largest absolute Gasteiger partial charge is 0.337 e. The van der Waals surface area contributed by atoms with Gasteiger partial charge in [0, 0.05) is 56.2 Å². The average molecular weight is 504 g/mol. The molecule has 9 nitrogen and oxygen atoms in total. The minimum Gasteiger partial charge on any atom is -0.337 e. The third kappa shape index (κ3) is 3.80. The highest BCUT2D eigenvalue weighted by molar-refractivity contribution is 6.31. The zero-order valence-electron chi connectivity index (χ0n) is 20.1. The smallest absolute Gasteiger partial charge is 0.317 e. The SMILES string of the molecule is Cc1ccc(Cl)c(Cn2c3cc(-c4cnc(N5CCN6C(=O)NC[C@H]6C5)nc4)ccc3c(=O)n2C)c1. The van der Waals surface area contributed by atoms with E-state index in [4.69, 9.17) is 11.6 Å². The van der Waals surface area contributed by atoms with Crippen LogP contribution in [0.3, 0.4) is 0 Å². The number of nitrogens with zero attached hydrogens (tertiary/aromatic N) is 6. The van der Waals surface area contributed by atoms with E-state index in [9.17, 15) is 9.59 Å². The van der Waals surface area contributed by atoms with Crippen LogP contribution in [-0.2, 0) is 13.6 Å². The predicted molar refractivity (Wildman–Crippen MR) is 140 cm³/mol. The number of aromatic nitrogens is 4. The van der Waals surface area contributed by atoms with Gasteiger partial charge in [0.15, 0.2) is 0 Å². The Morgan fingerprint density at radius 3 is 2.67 bits per heavy atom. The van der Waals surface area contributed by atoms with E-state index in [-0.39, 0.29) is 17.6 Å². The van der Waals surface area contributed by atoms with Crippen molar-refractivity contribution in [3.8, 4) is 11.1 Å². The molecule has 1 N–H and O–H groups in total. The van der Waals surface area contributed by atoms with Crippen molar-refractivity contribution in [3.05, 3.63) is 75.3 Å². The van der Waals surface area contributed by atoms with Crippen LogP contribution in [-0.4, -0.2) is 62.5 Å². The lowest BCUT2D eigenvalue weighted by molar-refractivity contribution is 0.197. The Labute approximate surface area is 212 Å². The minimum absolute atomic E-state index is 0.00960. The molecule has 2 aromatic heterocycles. The number of nitrogens with one attached hydrogen (secondary N) is 1. The first-order chi connectivity index (χ1) is 17.4. The summed E-state index contributed by atoms with van der Waals surface area (Å²) in [7, 11) is 1.77. The number of hydrogen-bond acceptors (Lipinski definition) is 5. The van der Waals surface area contributed by atoms with E-state index in [0.29, 0.717) is 49.1 Å². The van der Waals surface area contributed by atoms with E-state index in [0.717, 1.165) is 27.8 Å². The molecular formula is C26H26ClN7O2. The number of carbonyl (C=O) groups is 1. The summed E-state index contributed by atoms with van der Waals surface area (Å²) in [4.78, 5) is 38.0. The number of urea groups is 1. The highest BCUT2D eigenvalue weighted by Crippen LogP contribution is 2.26. The number of hydrogen-bond donors (Lipinski definition) is 1. The Bertz CT molecular complexity index is 1540. The monoisotopic (exact) mass is 503 g/mol. The van der Waals surface area contributed by atoms with E-state index in [2.05, 4.69) is 20.2 Å². The maximum atomic E-state index is 12.9. The molecule has 2 saturated heterocycles. The lowest BCUT2D eigenvalue weighted by Crippen LogP contribution is -2.52. The molecule has 0 bridgehead atoms. The molecule has 0 unspecified atom stereocenters. The summed E-state index contributed by atoms with van der Waals surface area (Å²) in [6.45, 7) is 5.24. The Hall–Kier alpha value is -3.85. The van der Waals surface area contributed by atoms with Crippen molar-refractivity contribution in [1.29, 1.82) is 0 Å². The third-order valence-corrected chi connectivity index (χ3v) is 7.54. The first-order valence-corrected chi connectivity index (χ1v) is 12.3. The summed E-state index contributed by atoms with van der Waals surface area (Å²) in [5.41, 5.74) is 4.65. The van der Waals surface area contributed by atoms with Crippen molar-refractivity contribution in [2.45, 2.75) is 19.5 Å². The van der Waals surface area contributed by atoms with E-state index in [1.807, 2.05) is 65.3 Å².